The maximum Gasteiger partial charge on any atom is 0.260 e. The highest BCUT2D eigenvalue weighted by Crippen LogP contribution is 2.11. The van der Waals surface area contributed by atoms with Crippen molar-refractivity contribution in [3.05, 3.63) is 60.2 Å². The SMILES string of the molecule is CN(CC(=O)Nc1cccc(F)c1)C(=O)COc1ccc(F)cc1. The molecule has 0 heterocycles. The van der Waals surface area contributed by atoms with E-state index in [-0.39, 0.29) is 13.2 Å². The molecule has 2 aromatic rings. The summed E-state index contributed by atoms with van der Waals surface area (Å²) in [6.07, 6.45) is 0. The first-order valence-electron chi connectivity index (χ1n) is 7.12. The van der Waals surface area contributed by atoms with Crippen LogP contribution in [0.25, 0.3) is 0 Å². The van der Waals surface area contributed by atoms with Gasteiger partial charge in [-0.3, -0.25) is 9.59 Å². The number of carbonyl (C=O) groups excluding carboxylic acids is 2. The first kappa shape index (κ1) is 17.4. The Labute approximate surface area is 137 Å². The molecule has 0 bridgehead atoms. The van der Waals surface area contributed by atoms with Crippen LogP contribution in [0.4, 0.5) is 14.5 Å². The summed E-state index contributed by atoms with van der Waals surface area (Å²) in [5, 5.41) is 2.49. The number of hydrogen-bond donors (Lipinski definition) is 1. The first-order chi connectivity index (χ1) is 11.4. The summed E-state index contributed by atoms with van der Waals surface area (Å²) < 4.78 is 31.0. The van der Waals surface area contributed by atoms with Crippen LogP contribution < -0.4 is 10.1 Å². The zero-order valence-electron chi connectivity index (χ0n) is 13.0. The van der Waals surface area contributed by atoms with Gasteiger partial charge in [-0.2, -0.15) is 0 Å². The molecule has 2 rings (SSSR count). The number of ether oxygens (including phenoxy) is 1. The minimum Gasteiger partial charge on any atom is -0.484 e. The molecule has 0 aliphatic carbocycles. The molecule has 0 fully saturated rings. The van der Waals surface area contributed by atoms with E-state index in [1.54, 1.807) is 6.07 Å². The normalized spacial score (nSPS) is 10.1. The van der Waals surface area contributed by atoms with Crippen LogP contribution >= 0.6 is 0 Å². The van der Waals surface area contributed by atoms with Gasteiger partial charge in [0.15, 0.2) is 6.61 Å². The van der Waals surface area contributed by atoms with Crippen LogP contribution in [-0.4, -0.2) is 36.9 Å². The van der Waals surface area contributed by atoms with E-state index in [1.807, 2.05) is 0 Å². The first-order valence-corrected chi connectivity index (χ1v) is 7.12. The molecule has 0 aromatic heterocycles. The lowest BCUT2D eigenvalue weighted by Gasteiger charge is -2.17. The van der Waals surface area contributed by atoms with Crippen molar-refractivity contribution in [1.82, 2.24) is 4.90 Å². The molecule has 7 heteroatoms. The number of anilines is 1. The fourth-order valence-electron chi connectivity index (χ4n) is 1.86. The van der Waals surface area contributed by atoms with E-state index in [2.05, 4.69) is 5.32 Å². The number of nitrogens with zero attached hydrogens (tertiary/aromatic N) is 1. The Balaban J connectivity index is 1.80. The largest absolute Gasteiger partial charge is 0.484 e. The number of halogens is 2. The maximum absolute atomic E-state index is 13.0. The second-order valence-electron chi connectivity index (χ2n) is 5.05. The third-order valence-corrected chi connectivity index (χ3v) is 3.09. The molecule has 0 spiro atoms. The average molecular weight is 334 g/mol. The Morgan fingerprint density at radius 1 is 1.08 bits per heavy atom. The third-order valence-electron chi connectivity index (χ3n) is 3.09. The van der Waals surface area contributed by atoms with Gasteiger partial charge in [-0.1, -0.05) is 6.07 Å². The highest BCUT2D eigenvalue weighted by molar-refractivity contribution is 5.94. The number of likely N-dealkylation sites (N-methyl/N-ethyl adjacent to an activating group) is 1. The van der Waals surface area contributed by atoms with E-state index in [9.17, 15) is 18.4 Å². The molecular weight excluding hydrogens is 318 g/mol. The van der Waals surface area contributed by atoms with Crippen molar-refractivity contribution in [3.8, 4) is 5.75 Å². The van der Waals surface area contributed by atoms with Crippen molar-refractivity contribution in [2.45, 2.75) is 0 Å². The van der Waals surface area contributed by atoms with Gasteiger partial charge in [0.1, 0.15) is 17.4 Å². The van der Waals surface area contributed by atoms with E-state index in [1.165, 1.54) is 54.4 Å². The van der Waals surface area contributed by atoms with Crippen molar-refractivity contribution in [2.24, 2.45) is 0 Å². The van der Waals surface area contributed by atoms with Gasteiger partial charge in [-0.15, -0.1) is 0 Å². The fourth-order valence-corrected chi connectivity index (χ4v) is 1.86. The van der Waals surface area contributed by atoms with Crippen LogP contribution in [0.15, 0.2) is 48.5 Å². The van der Waals surface area contributed by atoms with Crippen LogP contribution in [0, 0.1) is 11.6 Å². The molecule has 24 heavy (non-hydrogen) atoms. The Morgan fingerprint density at radius 3 is 2.46 bits per heavy atom. The number of benzene rings is 2. The Kier molecular flexibility index (Phi) is 5.83. The molecule has 2 aromatic carbocycles. The topological polar surface area (TPSA) is 58.6 Å². The fraction of sp³-hybridized carbons (Fsp3) is 0.176. The second-order valence-corrected chi connectivity index (χ2v) is 5.05. The number of rotatable bonds is 6. The van der Waals surface area contributed by atoms with Crippen LogP contribution in [0.5, 0.6) is 5.75 Å². The lowest BCUT2D eigenvalue weighted by molar-refractivity contribution is -0.135. The van der Waals surface area contributed by atoms with Crippen LogP contribution in [0.1, 0.15) is 0 Å². The molecule has 0 aliphatic rings. The summed E-state index contributed by atoms with van der Waals surface area (Å²) in [7, 11) is 1.45. The smallest absolute Gasteiger partial charge is 0.260 e. The summed E-state index contributed by atoms with van der Waals surface area (Å²) in [4.78, 5) is 24.9. The van der Waals surface area contributed by atoms with Crippen molar-refractivity contribution in [1.29, 1.82) is 0 Å². The van der Waals surface area contributed by atoms with Gasteiger partial charge in [0.25, 0.3) is 5.91 Å². The van der Waals surface area contributed by atoms with Crippen LogP contribution in [-0.2, 0) is 9.59 Å². The van der Waals surface area contributed by atoms with E-state index in [0.717, 1.165) is 0 Å². The Bertz CT molecular complexity index is 720. The monoisotopic (exact) mass is 334 g/mol. The highest BCUT2D eigenvalue weighted by atomic mass is 19.1. The van der Waals surface area contributed by atoms with E-state index < -0.39 is 23.4 Å². The molecule has 0 aliphatic heterocycles. The highest BCUT2D eigenvalue weighted by Gasteiger charge is 2.14. The Hall–Kier alpha value is -2.96. The number of amides is 2. The quantitative estimate of drug-likeness (QED) is 0.883. The zero-order valence-corrected chi connectivity index (χ0v) is 13.0. The molecule has 2 amide bonds. The number of nitrogens with one attached hydrogen (secondary N) is 1. The van der Waals surface area contributed by atoms with E-state index in [4.69, 9.17) is 4.74 Å². The average Bonchev–Trinajstić information content (AvgIpc) is 2.53. The molecule has 0 radical (unpaired) electrons. The molecule has 0 saturated carbocycles. The summed E-state index contributed by atoms with van der Waals surface area (Å²) in [5.41, 5.74) is 0.309. The second kappa shape index (κ2) is 8.05. The molecular formula is C17H16F2N2O3. The van der Waals surface area contributed by atoms with E-state index in [0.29, 0.717) is 11.4 Å². The molecule has 0 atom stereocenters. The van der Waals surface area contributed by atoms with Gasteiger partial charge in [0.05, 0.1) is 6.54 Å². The van der Waals surface area contributed by atoms with Crippen LogP contribution in [0.3, 0.4) is 0 Å². The molecule has 5 nitrogen and oxygen atoms in total. The number of hydrogen-bond acceptors (Lipinski definition) is 3. The Morgan fingerprint density at radius 2 is 1.79 bits per heavy atom. The van der Waals surface area contributed by atoms with Gasteiger partial charge in [-0.05, 0) is 42.5 Å². The summed E-state index contributed by atoms with van der Waals surface area (Å²) in [6.45, 7) is -0.489. The predicted molar refractivity (Wildman–Crippen MR) is 84.6 cm³/mol. The summed E-state index contributed by atoms with van der Waals surface area (Å²) in [6, 6.07) is 10.7. The maximum atomic E-state index is 13.0. The third kappa shape index (κ3) is 5.35. The van der Waals surface area contributed by atoms with Crippen molar-refractivity contribution >= 4 is 17.5 Å². The molecule has 126 valence electrons. The minimum atomic E-state index is -0.468. The van der Waals surface area contributed by atoms with Gasteiger partial charge in [0, 0.05) is 12.7 Å². The minimum absolute atomic E-state index is 0.206. The molecule has 1 N–H and O–H groups in total. The van der Waals surface area contributed by atoms with Gasteiger partial charge < -0.3 is 15.0 Å². The van der Waals surface area contributed by atoms with Crippen LogP contribution in [0.2, 0.25) is 0 Å². The van der Waals surface area contributed by atoms with Crippen molar-refractivity contribution in [3.63, 3.8) is 0 Å². The van der Waals surface area contributed by atoms with Gasteiger partial charge in [0.2, 0.25) is 5.91 Å². The van der Waals surface area contributed by atoms with Crippen molar-refractivity contribution < 1.29 is 23.1 Å². The summed E-state index contributed by atoms with van der Waals surface area (Å²) in [5.74, 6) is -1.40. The number of carbonyl (C=O) groups is 2. The molecule has 0 saturated heterocycles. The molecule has 0 unspecified atom stereocenters. The van der Waals surface area contributed by atoms with E-state index >= 15 is 0 Å². The standard InChI is InChI=1S/C17H16F2N2O3/c1-21(10-16(22)20-14-4-2-3-13(19)9-14)17(23)11-24-15-7-5-12(18)6-8-15/h2-9H,10-11H2,1H3,(H,20,22). The predicted octanol–water partition coefficient (Wildman–Crippen LogP) is 2.44. The van der Waals surface area contributed by atoms with Gasteiger partial charge in [-0.25, -0.2) is 8.78 Å². The van der Waals surface area contributed by atoms with Crippen molar-refractivity contribution in [2.75, 3.05) is 25.5 Å². The van der Waals surface area contributed by atoms with Gasteiger partial charge >= 0.3 is 0 Å². The zero-order chi connectivity index (χ0) is 17.5. The lowest BCUT2D eigenvalue weighted by Crippen LogP contribution is -2.37. The lowest BCUT2D eigenvalue weighted by atomic mass is 10.3. The summed E-state index contributed by atoms with van der Waals surface area (Å²) >= 11 is 0.